The highest BCUT2D eigenvalue weighted by Crippen LogP contribution is 2.25. The van der Waals surface area contributed by atoms with Crippen LogP contribution in [-0.4, -0.2) is 64.9 Å². The number of piperidine rings is 1. The van der Waals surface area contributed by atoms with Gasteiger partial charge in [-0.3, -0.25) is 9.89 Å². The number of halogens is 1. The second kappa shape index (κ2) is 15.7. The third-order valence-corrected chi connectivity index (χ3v) is 5.34. The number of methoxy groups -OCH3 is 2. The lowest BCUT2D eigenvalue weighted by atomic mass is 10.0. The number of benzene rings is 1. The Bertz CT molecular complexity index is 562. The smallest absolute Gasteiger partial charge is 0.191 e. The number of unbranched alkanes of at least 4 members (excludes halogenated alkanes) is 2. The van der Waals surface area contributed by atoms with Crippen molar-refractivity contribution in [3.8, 4) is 5.75 Å². The van der Waals surface area contributed by atoms with Crippen molar-refractivity contribution in [1.82, 2.24) is 15.5 Å². The average Bonchev–Trinajstić information content (AvgIpc) is 2.76. The molecular weight excluding hydrogens is 479 g/mol. The zero-order valence-corrected chi connectivity index (χ0v) is 20.6. The van der Waals surface area contributed by atoms with Crippen molar-refractivity contribution in [2.75, 3.05) is 54.1 Å². The van der Waals surface area contributed by atoms with E-state index in [1.807, 2.05) is 7.05 Å². The number of hydrogen-bond donors (Lipinski definition) is 2. The van der Waals surface area contributed by atoms with Crippen LogP contribution in [0.4, 0.5) is 0 Å². The van der Waals surface area contributed by atoms with Gasteiger partial charge in [0.1, 0.15) is 5.75 Å². The first-order chi connectivity index (χ1) is 13.8. The van der Waals surface area contributed by atoms with Gasteiger partial charge >= 0.3 is 0 Å². The van der Waals surface area contributed by atoms with Crippen LogP contribution in [0.3, 0.4) is 0 Å². The summed E-state index contributed by atoms with van der Waals surface area (Å²) in [5.74, 6) is 1.78. The van der Waals surface area contributed by atoms with Gasteiger partial charge in [-0.1, -0.05) is 18.6 Å². The molecular formula is C22H39IN4O2. The monoisotopic (exact) mass is 518 g/mol. The van der Waals surface area contributed by atoms with E-state index in [0.29, 0.717) is 6.04 Å². The first kappa shape index (κ1) is 26.0. The van der Waals surface area contributed by atoms with Crippen LogP contribution < -0.4 is 15.4 Å². The molecule has 6 nitrogen and oxygen atoms in total. The summed E-state index contributed by atoms with van der Waals surface area (Å²) in [6, 6.07) is 8.82. The van der Waals surface area contributed by atoms with Gasteiger partial charge in [-0.2, -0.15) is 0 Å². The van der Waals surface area contributed by atoms with E-state index < -0.39 is 0 Å². The van der Waals surface area contributed by atoms with Crippen molar-refractivity contribution in [1.29, 1.82) is 0 Å². The van der Waals surface area contributed by atoms with Crippen LogP contribution in [-0.2, 0) is 4.74 Å². The SMILES string of the molecule is CN=C(NCCCCCOC)NCC(c1ccc(OC)cc1)N1CCCCC1.I. The number of aliphatic imine (C=N–C) groups is 1. The Labute approximate surface area is 193 Å². The Kier molecular flexibility index (Phi) is 14.1. The standard InChI is InChI=1S/C22H38N4O2.HI/c1-23-22(24-14-6-4-9-17-27-2)25-18-21(26-15-7-5-8-16-26)19-10-12-20(28-3)13-11-19;/h10-13,21H,4-9,14-18H2,1-3H3,(H2,23,24,25);1H. The van der Waals surface area contributed by atoms with Gasteiger partial charge in [-0.05, 0) is 62.9 Å². The van der Waals surface area contributed by atoms with Crippen molar-refractivity contribution in [2.24, 2.45) is 4.99 Å². The summed E-state index contributed by atoms with van der Waals surface area (Å²) in [5.41, 5.74) is 1.32. The summed E-state index contributed by atoms with van der Waals surface area (Å²) < 4.78 is 10.4. The van der Waals surface area contributed by atoms with E-state index >= 15 is 0 Å². The van der Waals surface area contributed by atoms with E-state index in [1.165, 1.54) is 31.2 Å². The number of guanidine groups is 1. The predicted octanol–water partition coefficient (Wildman–Crippen LogP) is 3.82. The highest BCUT2D eigenvalue weighted by atomic mass is 127. The summed E-state index contributed by atoms with van der Waals surface area (Å²) in [6.45, 7) is 4.93. The number of likely N-dealkylation sites (tertiary alicyclic amines) is 1. The van der Waals surface area contributed by atoms with Gasteiger partial charge in [0, 0.05) is 33.9 Å². The minimum absolute atomic E-state index is 0. The third-order valence-electron chi connectivity index (χ3n) is 5.34. The summed E-state index contributed by atoms with van der Waals surface area (Å²) in [5, 5.41) is 6.97. The fourth-order valence-electron chi connectivity index (χ4n) is 3.68. The van der Waals surface area contributed by atoms with Crippen molar-refractivity contribution >= 4 is 29.9 Å². The van der Waals surface area contributed by atoms with E-state index in [4.69, 9.17) is 9.47 Å². The minimum atomic E-state index is 0. The van der Waals surface area contributed by atoms with Crippen molar-refractivity contribution in [3.63, 3.8) is 0 Å². The van der Waals surface area contributed by atoms with E-state index in [9.17, 15) is 0 Å². The molecule has 1 aromatic rings. The lowest BCUT2D eigenvalue weighted by molar-refractivity contribution is 0.164. The maximum absolute atomic E-state index is 5.32. The molecule has 1 atom stereocenters. The van der Waals surface area contributed by atoms with Gasteiger partial charge in [-0.15, -0.1) is 24.0 Å². The van der Waals surface area contributed by atoms with E-state index in [1.54, 1.807) is 14.2 Å². The number of nitrogens with zero attached hydrogens (tertiary/aromatic N) is 2. The van der Waals surface area contributed by atoms with Gasteiger partial charge in [0.25, 0.3) is 0 Å². The molecule has 1 heterocycles. The quantitative estimate of drug-likeness (QED) is 0.202. The predicted molar refractivity (Wildman–Crippen MR) is 132 cm³/mol. The average molecular weight is 518 g/mol. The Morgan fingerprint density at radius 2 is 1.76 bits per heavy atom. The van der Waals surface area contributed by atoms with E-state index in [-0.39, 0.29) is 24.0 Å². The minimum Gasteiger partial charge on any atom is -0.497 e. The highest BCUT2D eigenvalue weighted by Gasteiger charge is 2.22. The largest absolute Gasteiger partial charge is 0.497 e. The molecule has 1 saturated heterocycles. The second-order valence-electron chi connectivity index (χ2n) is 7.32. The molecule has 1 fully saturated rings. The third kappa shape index (κ3) is 9.53. The molecule has 2 rings (SSSR count). The van der Waals surface area contributed by atoms with Crippen molar-refractivity contribution in [3.05, 3.63) is 29.8 Å². The molecule has 0 amide bonds. The van der Waals surface area contributed by atoms with Gasteiger partial charge in [0.15, 0.2) is 5.96 Å². The lowest BCUT2D eigenvalue weighted by Gasteiger charge is -2.35. The Morgan fingerprint density at radius 3 is 2.38 bits per heavy atom. The van der Waals surface area contributed by atoms with Crippen LogP contribution in [0.1, 0.15) is 50.1 Å². The number of hydrogen-bond acceptors (Lipinski definition) is 4. The summed E-state index contributed by atoms with van der Waals surface area (Å²) in [7, 11) is 5.30. The summed E-state index contributed by atoms with van der Waals surface area (Å²) >= 11 is 0. The first-order valence-corrected chi connectivity index (χ1v) is 10.6. The van der Waals surface area contributed by atoms with Crippen LogP contribution in [0.25, 0.3) is 0 Å². The number of ether oxygens (including phenoxy) is 2. The Morgan fingerprint density at radius 1 is 1.03 bits per heavy atom. The van der Waals surface area contributed by atoms with E-state index in [0.717, 1.165) is 57.3 Å². The molecule has 29 heavy (non-hydrogen) atoms. The molecule has 1 aliphatic rings. The van der Waals surface area contributed by atoms with Gasteiger partial charge in [0.05, 0.1) is 13.2 Å². The maximum atomic E-state index is 5.32. The molecule has 0 spiro atoms. The van der Waals surface area contributed by atoms with Crippen LogP contribution >= 0.6 is 24.0 Å². The molecule has 1 aliphatic heterocycles. The number of rotatable bonds is 11. The van der Waals surface area contributed by atoms with Crippen molar-refractivity contribution in [2.45, 2.75) is 44.6 Å². The molecule has 7 heteroatoms. The van der Waals surface area contributed by atoms with E-state index in [2.05, 4.69) is 44.8 Å². The topological polar surface area (TPSA) is 58.1 Å². The number of nitrogens with one attached hydrogen (secondary N) is 2. The molecule has 0 saturated carbocycles. The first-order valence-electron chi connectivity index (χ1n) is 10.6. The summed E-state index contributed by atoms with van der Waals surface area (Å²) in [6.07, 6.45) is 7.30. The molecule has 166 valence electrons. The maximum Gasteiger partial charge on any atom is 0.191 e. The molecule has 1 aromatic carbocycles. The highest BCUT2D eigenvalue weighted by molar-refractivity contribution is 14.0. The summed E-state index contributed by atoms with van der Waals surface area (Å²) in [4.78, 5) is 6.98. The van der Waals surface area contributed by atoms with Crippen LogP contribution in [0, 0.1) is 0 Å². The molecule has 0 radical (unpaired) electrons. The molecule has 0 aliphatic carbocycles. The van der Waals surface area contributed by atoms with Crippen LogP contribution in [0.5, 0.6) is 5.75 Å². The molecule has 0 aromatic heterocycles. The normalized spacial score (nSPS) is 16.0. The fraction of sp³-hybridized carbons (Fsp3) is 0.682. The molecule has 0 bridgehead atoms. The molecule has 1 unspecified atom stereocenters. The Hall–Kier alpha value is -1.06. The van der Waals surface area contributed by atoms with Gasteiger partial charge in [-0.25, -0.2) is 0 Å². The molecule has 2 N–H and O–H groups in total. The fourth-order valence-corrected chi connectivity index (χ4v) is 3.68. The second-order valence-corrected chi connectivity index (χ2v) is 7.32. The lowest BCUT2D eigenvalue weighted by Crippen LogP contribution is -2.44. The van der Waals surface area contributed by atoms with Gasteiger partial charge in [0.2, 0.25) is 0 Å². The van der Waals surface area contributed by atoms with Crippen LogP contribution in [0.2, 0.25) is 0 Å². The zero-order chi connectivity index (χ0) is 20.0. The van der Waals surface area contributed by atoms with Gasteiger partial charge < -0.3 is 20.1 Å². The van der Waals surface area contributed by atoms with Crippen molar-refractivity contribution < 1.29 is 9.47 Å². The Balaban J connectivity index is 0.00000420. The van der Waals surface area contributed by atoms with Crippen LogP contribution in [0.15, 0.2) is 29.3 Å². The zero-order valence-electron chi connectivity index (χ0n) is 18.3.